The maximum atomic E-state index is 13.5. The number of ether oxygens (including phenoxy) is 5. The highest BCUT2D eigenvalue weighted by atomic mass is 32.2. The second-order valence-electron chi connectivity index (χ2n) is 25.6. The molecule has 32 nitrogen and oxygen atoms in total. The molecular formula is C72H84N12O20S3. The van der Waals surface area contributed by atoms with E-state index in [0.29, 0.717) is 73.2 Å². The molecule has 3 aliphatic rings. The number of nitrogens with zero attached hydrogens (tertiary/aromatic N) is 8. The van der Waals surface area contributed by atoms with E-state index in [-0.39, 0.29) is 79.1 Å². The predicted octanol–water partition coefficient (Wildman–Crippen LogP) is 6.73. The van der Waals surface area contributed by atoms with E-state index in [9.17, 15) is 63.6 Å². The molecule has 0 unspecified atom stereocenters. The molecule has 0 radical (unpaired) electrons. The van der Waals surface area contributed by atoms with Crippen molar-refractivity contribution in [3.63, 3.8) is 0 Å². The van der Waals surface area contributed by atoms with E-state index >= 15 is 0 Å². The summed E-state index contributed by atoms with van der Waals surface area (Å²) in [5.74, 6) is -1.94. The van der Waals surface area contributed by atoms with Crippen LogP contribution in [0.2, 0.25) is 0 Å². The number of esters is 2. The third kappa shape index (κ3) is 19.5. The van der Waals surface area contributed by atoms with Crippen molar-refractivity contribution in [2.24, 2.45) is 17.6 Å². The molecule has 2 aliphatic heterocycles. The number of ketones is 1. The number of amides is 4. The molecule has 4 N–H and O–H groups in total. The molecule has 0 saturated heterocycles. The summed E-state index contributed by atoms with van der Waals surface area (Å²) in [5.41, 5.74) is 5.38. The number of hydrogen-bond acceptors (Lipinski definition) is 24. The number of anilines is 1. The summed E-state index contributed by atoms with van der Waals surface area (Å²) in [4.78, 5) is 117. The van der Waals surface area contributed by atoms with Gasteiger partial charge in [0, 0.05) is 55.7 Å². The minimum absolute atomic E-state index is 0.00623. The summed E-state index contributed by atoms with van der Waals surface area (Å²) in [6, 6.07) is 23.3. The summed E-state index contributed by atoms with van der Waals surface area (Å²) in [5, 5.41) is 9.38. The third-order valence-electron chi connectivity index (χ3n) is 16.7. The molecule has 5 aromatic carbocycles. The second kappa shape index (κ2) is 34.4. The summed E-state index contributed by atoms with van der Waals surface area (Å²) >= 11 is 0. The smallest absolute Gasteiger partial charge is 0.339 e. The molecule has 0 atom stereocenters. The van der Waals surface area contributed by atoms with Crippen LogP contribution in [0.25, 0.3) is 11.1 Å². The molecule has 8 aromatic rings. The number of sulfonamides is 2. The van der Waals surface area contributed by atoms with Crippen molar-refractivity contribution in [3.05, 3.63) is 185 Å². The van der Waals surface area contributed by atoms with Crippen molar-refractivity contribution in [2.75, 3.05) is 59.4 Å². The van der Waals surface area contributed by atoms with Crippen molar-refractivity contribution >= 4 is 77.1 Å². The molecule has 0 bridgehead atoms. The molecule has 11 rings (SSSR count). The number of oxime groups is 1. The fraction of sp³-hybridized carbons (Fsp3) is 0.361. The van der Waals surface area contributed by atoms with Crippen LogP contribution in [0.4, 0.5) is 10.7 Å². The number of aryl methyl sites for hydroxylation is 5. The van der Waals surface area contributed by atoms with Gasteiger partial charge >= 0.3 is 24.0 Å². The Morgan fingerprint density at radius 3 is 1.87 bits per heavy atom. The van der Waals surface area contributed by atoms with Gasteiger partial charge in [0.2, 0.25) is 11.8 Å². The first kappa shape index (κ1) is 81.5. The van der Waals surface area contributed by atoms with Gasteiger partial charge in [-0.25, -0.2) is 53.7 Å². The van der Waals surface area contributed by atoms with Crippen LogP contribution in [0.15, 0.2) is 133 Å². The number of urea groups is 1. The molecule has 570 valence electrons. The minimum atomic E-state index is -4.37. The first-order valence-electron chi connectivity index (χ1n) is 33.4. The van der Waals surface area contributed by atoms with Crippen LogP contribution in [0, 0.1) is 26.2 Å². The number of carbonyl (C=O) groups is 6. The van der Waals surface area contributed by atoms with Crippen LogP contribution < -0.4 is 45.0 Å². The lowest BCUT2D eigenvalue weighted by Crippen LogP contribution is -2.42. The zero-order chi connectivity index (χ0) is 78.6. The van der Waals surface area contributed by atoms with Crippen LogP contribution >= 0.6 is 0 Å². The van der Waals surface area contributed by atoms with Crippen LogP contribution in [0.1, 0.15) is 135 Å². The van der Waals surface area contributed by atoms with E-state index in [1.165, 1.54) is 111 Å². The first-order valence-corrected chi connectivity index (χ1v) is 38.3. The zero-order valence-corrected chi connectivity index (χ0v) is 63.9. The lowest BCUT2D eigenvalue weighted by atomic mass is 9.91. The van der Waals surface area contributed by atoms with E-state index in [1.807, 2.05) is 30.2 Å². The van der Waals surface area contributed by atoms with Gasteiger partial charge in [-0.2, -0.15) is 15.0 Å². The summed E-state index contributed by atoms with van der Waals surface area (Å²) in [7, 11) is -5.33. The average Bonchev–Trinajstić information content (AvgIpc) is 1.62. The summed E-state index contributed by atoms with van der Waals surface area (Å²) in [6.45, 7) is 17.1. The molecule has 1 fully saturated rings. The summed E-state index contributed by atoms with van der Waals surface area (Å²) < 4.78 is 109. The number of benzene rings is 5. The van der Waals surface area contributed by atoms with E-state index in [4.69, 9.17) is 23.8 Å². The number of rotatable bonds is 19. The number of aromatic nitrogens is 7. The maximum Gasteiger partial charge on any atom is 0.339 e. The molecule has 4 amide bonds. The van der Waals surface area contributed by atoms with Gasteiger partial charge < -0.3 is 38.9 Å². The van der Waals surface area contributed by atoms with Crippen molar-refractivity contribution in [3.8, 4) is 28.8 Å². The Labute approximate surface area is 617 Å². The maximum absolute atomic E-state index is 13.5. The van der Waals surface area contributed by atoms with E-state index < -0.39 is 69.4 Å². The van der Waals surface area contributed by atoms with Gasteiger partial charge in [0.25, 0.3) is 43.0 Å². The quantitative estimate of drug-likeness (QED) is 0.0481. The van der Waals surface area contributed by atoms with Crippen molar-refractivity contribution in [2.45, 2.75) is 121 Å². The third-order valence-corrected chi connectivity index (χ3v) is 20.6. The van der Waals surface area contributed by atoms with Gasteiger partial charge in [-0.3, -0.25) is 38.3 Å². The fourth-order valence-corrected chi connectivity index (χ4v) is 14.1. The number of hydrogen-bond donors (Lipinski definition) is 4. The minimum Gasteiger partial charge on any atom is -0.496 e. The van der Waals surface area contributed by atoms with Crippen LogP contribution in [-0.2, 0) is 82.0 Å². The molecular weight excluding hydrogens is 1450 g/mol. The first-order chi connectivity index (χ1) is 50.5. The van der Waals surface area contributed by atoms with Gasteiger partial charge in [-0.15, -0.1) is 0 Å². The average molecular weight is 1530 g/mol. The number of para-hydroxylation sites is 1. The normalized spacial score (nSPS) is 13.3. The van der Waals surface area contributed by atoms with Gasteiger partial charge in [0.15, 0.2) is 15.6 Å². The lowest BCUT2D eigenvalue weighted by molar-refractivity contribution is -0.143. The number of fused-ring (bicyclic) bond motifs is 1. The Bertz CT molecular complexity index is 5220. The number of carbonyl (C=O) groups excluding carboxylic acids is 6. The van der Waals surface area contributed by atoms with Gasteiger partial charge in [0.05, 0.1) is 79.7 Å². The number of aromatic amines is 1. The van der Waals surface area contributed by atoms with Gasteiger partial charge in [-0.05, 0) is 150 Å². The highest BCUT2D eigenvalue weighted by Gasteiger charge is 2.34. The molecule has 0 spiro atoms. The number of sulfone groups is 1. The SMILES string of the molecule is CCc1cc(C)cc(CC)c1-c1c(OC(=O)C(C)(C)C)n2n(c1=O)CCOCC2.COC(=O)c1ccccc1S(=O)(=O)NC(=O)N(C)c1nc(C)nc(OC)n1.COc1ccccc1C(=O)NS(=O)(=O)c1ccc(C(=O)NC2CC2)cc1.Cc1c(C(=O)c2c[nH]n(C)c2=O)ccc(S(C)(=O)=O)c1C1=NOCC1. The van der Waals surface area contributed by atoms with Crippen molar-refractivity contribution in [1.29, 1.82) is 0 Å². The van der Waals surface area contributed by atoms with Crippen molar-refractivity contribution < 1.29 is 82.5 Å². The molecule has 5 heterocycles. The topological polar surface area (TPSA) is 415 Å². The summed E-state index contributed by atoms with van der Waals surface area (Å²) in [6.07, 6.45) is 6.41. The molecule has 1 aliphatic carbocycles. The Morgan fingerprint density at radius 2 is 1.31 bits per heavy atom. The Balaban J connectivity index is 0.000000180. The Morgan fingerprint density at radius 1 is 0.682 bits per heavy atom. The second-order valence-corrected chi connectivity index (χ2v) is 30.9. The van der Waals surface area contributed by atoms with Crippen LogP contribution in [0.5, 0.6) is 17.6 Å². The van der Waals surface area contributed by atoms with E-state index in [0.717, 1.165) is 60.6 Å². The molecule has 3 aromatic heterocycles. The fourth-order valence-electron chi connectivity index (χ4n) is 11.0. The molecule has 35 heteroatoms. The highest BCUT2D eigenvalue weighted by Crippen LogP contribution is 2.37. The highest BCUT2D eigenvalue weighted by molar-refractivity contribution is 7.91. The van der Waals surface area contributed by atoms with Gasteiger partial charge in [0.1, 0.15) is 34.2 Å². The molecule has 1 saturated carbocycles. The molecule has 107 heavy (non-hydrogen) atoms. The number of nitrogens with one attached hydrogen (secondary N) is 4. The lowest BCUT2D eigenvalue weighted by Gasteiger charge is -2.19. The monoisotopic (exact) mass is 1530 g/mol. The largest absolute Gasteiger partial charge is 0.496 e. The van der Waals surface area contributed by atoms with Crippen molar-refractivity contribution in [1.82, 2.24) is 48.9 Å². The number of methoxy groups -OCH3 is 3. The van der Waals surface area contributed by atoms with Crippen LogP contribution in [-0.4, -0.2) is 161 Å². The Hall–Kier alpha value is -11.2. The number of H-pyrrole nitrogens is 1. The standard InChI is InChI=1S/C23H32N2O4.C18H18N2O5S.C16H17N3O5S.C15H17N5O6S/c1-7-16-13-15(3)14-17(8-2)18(16)19-20(26)24-9-11-28-12-10-25(24)21(19)29-22(27)23(4,5)6;1-25-16-5-3-2-4-15(16)18(22)20-26(23,24)14-10-6-12(7-11-14)17(21)19-13-8-9-13;1-9-10(15(20)11-8-17-19(2)16(11)21)4-5-13(25(3,22)23)14(9)12-6-7-24-18-12;1-9-16-13(18-14(17-9)26-4)20(2)15(22)19-27(23,24)11-8-6-5-7-10(11)12(21)25-3/h13-14H,7-12H2,1-6H3;2-7,10-11,13H,8-9H2,1H3,(H,19,21)(H,20,22);4-5,8,17H,6-7H2,1-3H3;5-8H,1-4H3,(H,19,22). The van der Waals surface area contributed by atoms with Gasteiger partial charge in [-0.1, -0.05) is 61.0 Å². The van der Waals surface area contributed by atoms with E-state index in [1.54, 1.807) is 41.4 Å². The zero-order valence-electron chi connectivity index (χ0n) is 61.4. The predicted molar refractivity (Wildman–Crippen MR) is 392 cm³/mol. The van der Waals surface area contributed by atoms with E-state index in [2.05, 4.69) is 68.2 Å². The van der Waals surface area contributed by atoms with Crippen LogP contribution in [0.3, 0.4) is 0 Å². The Kier molecular flexibility index (Phi) is 26.2.